The van der Waals surface area contributed by atoms with E-state index in [4.69, 9.17) is 5.11 Å². The van der Waals surface area contributed by atoms with Gasteiger partial charge in [0.25, 0.3) is 0 Å². The van der Waals surface area contributed by atoms with Gasteiger partial charge in [0.2, 0.25) is 0 Å². The third kappa shape index (κ3) is 5.80. The molecule has 0 saturated heterocycles. The number of carboxylic acid groups (broad SMARTS) is 1. The van der Waals surface area contributed by atoms with Gasteiger partial charge in [0.05, 0.1) is 0 Å². The number of carbonyl (C=O) groups is 2. The Hall–Kier alpha value is -1.26. The van der Waals surface area contributed by atoms with Crippen molar-refractivity contribution in [1.29, 1.82) is 0 Å². The molecule has 2 atom stereocenters. The number of urea groups is 1. The number of carbonyl (C=O) groups excluding carboxylic acids is 1. The largest absolute Gasteiger partial charge is 0.480 e. The molecule has 0 aromatic carbocycles. The van der Waals surface area contributed by atoms with Crippen molar-refractivity contribution in [1.82, 2.24) is 10.6 Å². The number of hydrogen-bond acceptors (Lipinski definition) is 2. The summed E-state index contributed by atoms with van der Waals surface area (Å²) in [6.45, 7) is 6.42. The van der Waals surface area contributed by atoms with E-state index >= 15 is 0 Å². The van der Waals surface area contributed by atoms with E-state index in [1.54, 1.807) is 0 Å². The molecule has 116 valence electrons. The monoisotopic (exact) mass is 284 g/mol. The van der Waals surface area contributed by atoms with Gasteiger partial charge in [-0.2, -0.15) is 0 Å². The molecule has 0 bridgehead atoms. The van der Waals surface area contributed by atoms with Crippen LogP contribution in [-0.2, 0) is 4.79 Å². The summed E-state index contributed by atoms with van der Waals surface area (Å²) >= 11 is 0. The molecule has 0 aromatic rings. The van der Waals surface area contributed by atoms with Crippen LogP contribution in [0.3, 0.4) is 0 Å². The van der Waals surface area contributed by atoms with Crippen LogP contribution >= 0.6 is 0 Å². The fourth-order valence-electron chi connectivity index (χ4n) is 2.87. The molecule has 1 aliphatic rings. The van der Waals surface area contributed by atoms with Crippen LogP contribution in [0.2, 0.25) is 0 Å². The number of carboxylic acids is 1. The van der Waals surface area contributed by atoms with Gasteiger partial charge in [0, 0.05) is 6.04 Å². The topological polar surface area (TPSA) is 78.4 Å². The molecule has 3 N–H and O–H groups in total. The highest BCUT2D eigenvalue weighted by Crippen LogP contribution is 2.34. The minimum Gasteiger partial charge on any atom is -0.480 e. The summed E-state index contributed by atoms with van der Waals surface area (Å²) in [5, 5.41) is 14.6. The van der Waals surface area contributed by atoms with Crippen LogP contribution in [0.5, 0.6) is 0 Å². The van der Waals surface area contributed by atoms with E-state index in [0.29, 0.717) is 6.42 Å². The molecule has 2 amide bonds. The predicted molar refractivity (Wildman–Crippen MR) is 78.7 cm³/mol. The van der Waals surface area contributed by atoms with Gasteiger partial charge in [0.1, 0.15) is 6.04 Å². The van der Waals surface area contributed by atoms with E-state index in [2.05, 4.69) is 24.5 Å². The second-order valence-corrected chi connectivity index (χ2v) is 6.61. The molecule has 1 unspecified atom stereocenters. The lowest BCUT2D eigenvalue weighted by atomic mass is 9.75. The fraction of sp³-hybridized carbons (Fsp3) is 0.867. The van der Waals surface area contributed by atoms with Crippen LogP contribution in [0.4, 0.5) is 4.79 Å². The second kappa shape index (κ2) is 7.50. The first-order chi connectivity index (χ1) is 9.34. The number of nitrogens with one attached hydrogen (secondary N) is 2. The molecule has 0 radical (unpaired) electrons. The Balaban J connectivity index is 2.43. The maximum atomic E-state index is 11.9. The summed E-state index contributed by atoms with van der Waals surface area (Å²) in [7, 11) is 0. The van der Waals surface area contributed by atoms with E-state index < -0.39 is 12.0 Å². The number of unbranched alkanes of at least 4 members (excludes halogenated alkanes) is 1. The van der Waals surface area contributed by atoms with Crippen LogP contribution in [0.1, 0.15) is 65.7 Å². The third-order valence-corrected chi connectivity index (χ3v) is 3.99. The van der Waals surface area contributed by atoms with E-state index in [1.165, 1.54) is 6.42 Å². The van der Waals surface area contributed by atoms with Gasteiger partial charge < -0.3 is 15.7 Å². The van der Waals surface area contributed by atoms with Gasteiger partial charge in [-0.3, -0.25) is 0 Å². The normalized spacial score (nSPS) is 22.9. The molecule has 1 aliphatic carbocycles. The minimum absolute atomic E-state index is 0.152. The molecule has 5 nitrogen and oxygen atoms in total. The van der Waals surface area contributed by atoms with E-state index in [9.17, 15) is 9.59 Å². The molecule has 1 rings (SSSR count). The molecule has 1 fully saturated rings. The fourth-order valence-corrected chi connectivity index (χ4v) is 2.87. The molecule has 1 saturated carbocycles. The zero-order valence-electron chi connectivity index (χ0n) is 12.9. The van der Waals surface area contributed by atoms with Crippen molar-refractivity contribution in [2.24, 2.45) is 5.41 Å². The van der Waals surface area contributed by atoms with Crippen molar-refractivity contribution < 1.29 is 14.7 Å². The summed E-state index contributed by atoms with van der Waals surface area (Å²) in [4.78, 5) is 23.0. The van der Waals surface area contributed by atoms with Crippen molar-refractivity contribution in [2.75, 3.05) is 0 Å². The summed E-state index contributed by atoms with van der Waals surface area (Å²) in [6.07, 6.45) is 6.42. The van der Waals surface area contributed by atoms with Crippen molar-refractivity contribution in [2.45, 2.75) is 77.8 Å². The Labute approximate surface area is 121 Å². The minimum atomic E-state index is -0.961. The van der Waals surface area contributed by atoms with Crippen LogP contribution in [0.25, 0.3) is 0 Å². The van der Waals surface area contributed by atoms with Gasteiger partial charge in [0.15, 0.2) is 0 Å². The lowest BCUT2D eigenvalue weighted by Gasteiger charge is -2.35. The smallest absolute Gasteiger partial charge is 0.326 e. The quantitative estimate of drug-likeness (QED) is 0.701. The van der Waals surface area contributed by atoms with Gasteiger partial charge in [-0.25, -0.2) is 9.59 Å². The molecule has 0 aliphatic heterocycles. The summed E-state index contributed by atoms with van der Waals surface area (Å²) in [6, 6.07) is -0.984. The molecular formula is C15H28N2O3. The maximum absolute atomic E-state index is 11.9. The molecule has 0 aromatic heterocycles. The average molecular weight is 284 g/mol. The van der Waals surface area contributed by atoms with Gasteiger partial charge in [-0.05, 0) is 31.1 Å². The van der Waals surface area contributed by atoms with E-state index in [0.717, 1.165) is 32.1 Å². The summed E-state index contributed by atoms with van der Waals surface area (Å²) in [5.41, 5.74) is 0.255. The van der Waals surface area contributed by atoms with Gasteiger partial charge in [-0.15, -0.1) is 0 Å². The van der Waals surface area contributed by atoms with Crippen LogP contribution < -0.4 is 10.6 Å². The number of aliphatic carboxylic acids is 1. The Morgan fingerprint density at radius 1 is 1.40 bits per heavy atom. The molecule has 0 spiro atoms. The number of rotatable bonds is 6. The number of amides is 2. The summed E-state index contributed by atoms with van der Waals surface area (Å²) < 4.78 is 0. The van der Waals surface area contributed by atoms with Gasteiger partial charge >= 0.3 is 12.0 Å². The molecule has 5 heteroatoms. The third-order valence-electron chi connectivity index (χ3n) is 3.99. The van der Waals surface area contributed by atoms with Crippen molar-refractivity contribution in [3.05, 3.63) is 0 Å². The molecular weight excluding hydrogens is 256 g/mol. The lowest BCUT2D eigenvalue weighted by Crippen LogP contribution is -2.50. The highest BCUT2D eigenvalue weighted by atomic mass is 16.4. The van der Waals surface area contributed by atoms with Crippen molar-refractivity contribution >= 4 is 12.0 Å². The van der Waals surface area contributed by atoms with Crippen LogP contribution in [-0.4, -0.2) is 29.2 Å². The predicted octanol–water partition coefficient (Wildman–Crippen LogP) is 2.90. The highest BCUT2D eigenvalue weighted by molar-refractivity contribution is 5.82. The Kier molecular flexibility index (Phi) is 6.30. The first-order valence-electron chi connectivity index (χ1n) is 7.64. The Morgan fingerprint density at radius 2 is 2.10 bits per heavy atom. The van der Waals surface area contributed by atoms with E-state index in [-0.39, 0.29) is 17.5 Å². The molecule has 20 heavy (non-hydrogen) atoms. The Morgan fingerprint density at radius 3 is 2.65 bits per heavy atom. The zero-order chi connectivity index (χ0) is 15.2. The molecule has 0 heterocycles. The van der Waals surface area contributed by atoms with Crippen LogP contribution in [0.15, 0.2) is 0 Å². The first-order valence-corrected chi connectivity index (χ1v) is 7.64. The lowest BCUT2D eigenvalue weighted by molar-refractivity contribution is -0.139. The highest BCUT2D eigenvalue weighted by Gasteiger charge is 2.29. The summed E-state index contributed by atoms with van der Waals surface area (Å²) in [5.74, 6) is -0.961. The maximum Gasteiger partial charge on any atom is 0.326 e. The van der Waals surface area contributed by atoms with Crippen molar-refractivity contribution in [3.8, 4) is 0 Å². The zero-order valence-corrected chi connectivity index (χ0v) is 12.9. The second-order valence-electron chi connectivity index (χ2n) is 6.61. The van der Waals surface area contributed by atoms with Crippen LogP contribution in [0, 0.1) is 5.41 Å². The standard InChI is InChI=1S/C15H28N2O3/c1-4-5-8-12(13(18)19)17-14(20)16-11-7-6-9-15(2,3)10-11/h11-12H,4-10H2,1-3H3,(H,18,19)(H2,16,17,20)/t11?,12-/m0/s1. The number of hydrogen-bond donors (Lipinski definition) is 3. The Bertz CT molecular complexity index is 342. The van der Waals surface area contributed by atoms with E-state index in [1.807, 2.05) is 6.92 Å². The SMILES string of the molecule is CCCC[C@H](NC(=O)NC1CCCC(C)(C)C1)C(=O)O. The van der Waals surface area contributed by atoms with Gasteiger partial charge in [-0.1, -0.05) is 40.0 Å². The van der Waals surface area contributed by atoms with Crippen molar-refractivity contribution in [3.63, 3.8) is 0 Å². The first kappa shape index (κ1) is 16.8. The average Bonchev–Trinajstić information content (AvgIpc) is 2.32.